The minimum absolute atomic E-state index is 0.142. The first-order valence-corrected chi connectivity index (χ1v) is 9.36. The van der Waals surface area contributed by atoms with E-state index in [0.717, 1.165) is 0 Å². The van der Waals surface area contributed by atoms with Crippen LogP contribution in [-0.4, -0.2) is 59.0 Å². The fourth-order valence-corrected chi connectivity index (χ4v) is 2.88. The van der Waals surface area contributed by atoms with Gasteiger partial charge in [-0.05, 0) is 32.1 Å². The lowest BCUT2D eigenvalue weighted by Gasteiger charge is -2.15. The van der Waals surface area contributed by atoms with Crippen molar-refractivity contribution < 1.29 is 18.8 Å². The average molecular weight is 393 g/mol. The van der Waals surface area contributed by atoms with Crippen LogP contribution in [0.25, 0.3) is 0 Å². The molecule has 0 saturated carbocycles. The highest BCUT2D eigenvalue weighted by Crippen LogP contribution is 2.28. The fraction of sp³-hybridized carbons (Fsp3) is 0.353. The number of para-hydroxylation sites is 1. The summed E-state index contributed by atoms with van der Waals surface area (Å²) in [4.78, 5) is 13.5. The molecule has 9 nitrogen and oxygen atoms in total. The third kappa shape index (κ3) is 5.07. The number of phenols is 1. The zero-order valence-corrected chi connectivity index (χ0v) is 16.5. The number of hydrogen-bond donors (Lipinski definition) is 3. The van der Waals surface area contributed by atoms with E-state index in [2.05, 4.69) is 19.4 Å². The summed E-state index contributed by atoms with van der Waals surface area (Å²) in [6, 6.07) is 4.73. The number of carbonyl (C=O) groups excluding carboxylic acids is 1. The number of anilines is 1. The molecule has 1 aromatic rings. The van der Waals surface area contributed by atoms with Crippen molar-refractivity contribution in [2.45, 2.75) is 13.8 Å². The molecule has 1 aliphatic heterocycles. The molecule has 2 rings (SSSR count). The smallest absolute Gasteiger partial charge is 0.269 e. The second-order valence-electron chi connectivity index (χ2n) is 5.68. The molecule has 146 valence electrons. The third-order valence-corrected chi connectivity index (χ3v) is 4.25. The molecule has 3 N–H and O–H groups in total. The lowest BCUT2D eigenvalue weighted by atomic mass is 10.1. The monoisotopic (exact) mass is 393 g/mol. The quantitative estimate of drug-likeness (QED) is 0.497. The normalized spacial score (nSPS) is 16.4. The zero-order chi connectivity index (χ0) is 20.0. The number of amidine groups is 2. The van der Waals surface area contributed by atoms with Crippen LogP contribution in [0.5, 0.6) is 5.75 Å². The summed E-state index contributed by atoms with van der Waals surface area (Å²) in [5, 5.41) is 16.3. The molecular weight excluding hydrogens is 370 g/mol. The van der Waals surface area contributed by atoms with Crippen molar-refractivity contribution in [3.63, 3.8) is 0 Å². The Balaban J connectivity index is 2.18. The first kappa shape index (κ1) is 20.4. The van der Waals surface area contributed by atoms with E-state index in [1.807, 2.05) is 19.9 Å². The van der Waals surface area contributed by atoms with Crippen molar-refractivity contribution >= 4 is 34.4 Å². The van der Waals surface area contributed by atoms with E-state index in [0.29, 0.717) is 18.9 Å². The van der Waals surface area contributed by atoms with Gasteiger partial charge in [-0.15, -0.1) is 8.80 Å². The van der Waals surface area contributed by atoms with Crippen LogP contribution >= 0.6 is 0 Å². The number of aromatic hydroxyl groups is 1. The van der Waals surface area contributed by atoms with Crippen molar-refractivity contribution in [1.29, 1.82) is 0 Å². The third-order valence-electron chi connectivity index (χ3n) is 3.57. The van der Waals surface area contributed by atoms with Gasteiger partial charge in [0.05, 0.1) is 24.4 Å². The van der Waals surface area contributed by atoms with Gasteiger partial charge < -0.3 is 25.4 Å². The molecule has 0 fully saturated rings. The molecule has 27 heavy (non-hydrogen) atoms. The Morgan fingerprint density at radius 2 is 2.04 bits per heavy atom. The molecule has 1 heterocycles. The van der Waals surface area contributed by atoms with Crippen LogP contribution in [0.1, 0.15) is 24.2 Å². The predicted octanol–water partition coefficient (Wildman–Crippen LogP) is 1.43. The maximum Gasteiger partial charge on any atom is 0.269 e. The predicted molar refractivity (Wildman–Crippen MR) is 106 cm³/mol. The van der Waals surface area contributed by atoms with Gasteiger partial charge in [0.2, 0.25) is 0 Å². The van der Waals surface area contributed by atoms with Gasteiger partial charge in [-0.2, -0.15) is 0 Å². The molecule has 0 saturated heterocycles. The van der Waals surface area contributed by atoms with E-state index in [1.165, 1.54) is 11.0 Å². The van der Waals surface area contributed by atoms with Crippen molar-refractivity contribution in [2.75, 3.05) is 32.6 Å². The maximum atomic E-state index is 12.1. The Kier molecular flexibility index (Phi) is 6.94. The second-order valence-corrected chi connectivity index (χ2v) is 6.50. The fourth-order valence-electron chi connectivity index (χ4n) is 2.24. The Bertz CT molecular complexity index is 833. The molecule has 0 aliphatic carbocycles. The summed E-state index contributed by atoms with van der Waals surface area (Å²) in [5.41, 5.74) is 0.398. The van der Waals surface area contributed by atoms with Crippen LogP contribution in [0.3, 0.4) is 0 Å². The lowest BCUT2D eigenvalue weighted by Crippen LogP contribution is -2.35. The highest BCUT2D eigenvalue weighted by atomic mass is 32.2. The maximum absolute atomic E-state index is 12.1. The molecule has 1 aromatic carbocycles. The number of nitrogens with one attached hydrogen (secondary N) is 2. The summed E-state index contributed by atoms with van der Waals surface area (Å²) in [6.45, 7) is 4.59. The van der Waals surface area contributed by atoms with Gasteiger partial charge in [0.25, 0.3) is 17.1 Å². The molecule has 1 atom stereocenters. The molecular formula is C17H23N5O4S. The summed E-state index contributed by atoms with van der Waals surface area (Å²) in [7, 11) is 3.19. The van der Waals surface area contributed by atoms with E-state index in [4.69, 9.17) is 4.74 Å². The number of phenolic OH excluding ortho intramolecular Hbond substituents is 1. The molecule has 0 bridgehead atoms. The van der Waals surface area contributed by atoms with Gasteiger partial charge >= 0.3 is 0 Å². The van der Waals surface area contributed by atoms with Crippen molar-refractivity contribution in [3.05, 3.63) is 35.6 Å². The van der Waals surface area contributed by atoms with Gasteiger partial charge in [0, 0.05) is 14.1 Å². The number of allylic oxidation sites excluding steroid dienone is 1. The number of carbonyl (C=O) groups is 1. The number of benzene rings is 1. The van der Waals surface area contributed by atoms with Crippen LogP contribution in [0.4, 0.5) is 5.69 Å². The van der Waals surface area contributed by atoms with Gasteiger partial charge in [-0.1, -0.05) is 6.07 Å². The highest BCUT2D eigenvalue weighted by Gasteiger charge is 2.22. The molecule has 0 radical (unpaired) electrons. The van der Waals surface area contributed by atoms with Gasteiger partial charge in [0.1, 0.15) is 5.76 Å². The first-order chi connectivity index (χ1) is 12.9. The van der Waals surface area contributed by atoms with Gasteiger partial charge in [0.15, 0.2) is 17.4 Å². The number of amides is 1. The number of ether oxygens (including phenoxy) is 1. The number of hydrogen-bond acceptors (Lipinski definition) is 6. The Morgan fingerprint density at radius 1 is 1.33 bits per heavy atom. The summed E-state index contributed by atoms with van der Waals surface area (Å²) >= 11 is -1.77. The van der Waals surface area contributed by atoms with Gasteiger partial charge in [-0.3, -0.25) is 4.79 Å². The van der Waals surface area contributed by atoms with Crippen molar-refractivity contribution in [3.8, 4) is 5.75 Å². The summed E-state index contributed by atoms with van der Waals surface area (Å²) in [5.74, 6) is 0.619. The Hall–Kier alpha value is -2.88. The van der Waals surface area contributed by atoms with Gasteiger partial charge in [-0.25, -0.2) is 4.21 Å². The molecule has 1 aliphatic rings. The van der Waals surface area contributed by atoms with E-state index in [9.17, 15) is 14.1 Å². The SMILES string of the molecule is C/C=C(/CNC1=NS(=O)N=C1Nc1cccc(C(=O)N(C)C)c1O)OCC. The standard InChI is InChI=1S/C17H23N5O4S/c1-5-11(26-6-2)10-18-15-16(21-27(25)20-15)19-13-9-7-8-12(14(13)23)17(24)22(3)4/h5,7-9,23H,6,10H2,1-4H3,(H,18,20)(H,19,21)/b11-5-. The van der Waals surface area contributed by atoms with Crippen LogP contribution in [0, 0.1) is 0 Å². The molecule has 1 amide bonds. The summed E-state index contributed by atoms with van der Waals surface area (Å²) < 4.78 is 25.0. The minimum Gasteiger partial charge on any atom is -0.505 e. The van der Waals surface area contributed by atoms with E-state index >= 15 is 0 Å². The van der Waals surface area contributed by atoms with E-state index in [-0.39, 0.29) is 34.6 Å². The molecule has 0 spiro atoms. The van der Waals surface area contributed by atoms with Crippen LogP contribution in [-0.2, 0) is 15.9 Å². The molecule has 0 aromatic heterocycles. The highest BCUT2D eigenvalue weighted by molar-refractivity contribution is 7.83. The average Bonchev–Trinajstić information content (AvgIpc) is 2.99. The largest absolute Gasteiger partial charge is 0.505 e. The molecule has 10 heteroatoms. The van der Waals surface area contributed by atoms with Crippen LogP contribution in [0.15, 0.2) is 38.8 Å². The van der Waals surface area contributed by atoms with Crippen molar-refractivity contribution in [2.24, 2.45) is 8.80 Å². The Morgan fingerprint density at radius 3 is 2.67 bits per heavy atom. The van der Waals surface area contributed by atoms with Crippen molar-refractivity contribution in [1.82, 2.24) is 10.2 Å². The van der Waals surface area contributed by atoms with Crippen LogP contribution < -0.4 is 10.6 Å². The summed E-state index contributed by atoms with van der Waals surface area (Å²) in [6.07, 6.45) is 1.81. The second kappa shape index (κ2) is 9.17. The molecule has 1 unspecified atom stereocenters. The number of rotatable bonds is 6. The van der Waals surface area contributed by atoms with Crippen LogP contribution in [0.2, 0.25) is 0 Å². The van der Waals surface area contributed by atoms with E-state index < -0.39 is 11.2 Å². The lowest BCUT2D eigenvalue weighted by molar-refractivity contribution is 0.0824. The van der Waals surface area contributed by atoms with E-state index in [1.54, 1.807) is 26.2 Å². The first-order valence-electron chi connectivity index (χ1n) is 8.29. The zero-order valence-electron chi connectivity index (χ0n) is 15.6. The Labute approximate surface area is 160 Å². The number of nitrogens with zero attached hydrogens (tertiary/aromatic N) is 3. The minimum atomic E-state index is -1.77. The topological polar surface area (TPSA) is 116 Å².